The smallest absolute Gasteiger partial charge is 0.341 e. The van der Waals surface area contributed by atoms with Gasteiger partial charge in [0, 0.05) is 11.4 Å². The number of hydrogen-bond donors (Lipinski definition) is 0. The van der Waals surface area contributed by atoms with E-state index in [1.54, 1.807) is 17.4 Å². The average molecular weight is 300 g/mol. The van der Waals surface area contributed by atoms with Crippen LogP contribution in [0, 0.1) is 0 Å². The minimum absolute atomic E-state index is 0.378. The molecule has 0 N–H and O–H groups in total. The molecule has 0 saturated carbocycles. The van der Waals surface area contributed by atoms with Crippen LogP contribution in [0.25, 0.3) is 0 Å². The van der Waals surface area contributed by atoms with Crippen molar-refractivity contribution >= 4 is 28.9 Å². The van der Waals surface area contributed by atoms with Crippen molar-refractivity contribution in [3.8, 4) is 0 Å². The summed E-state index contributed by atoms with van der Waals surface area (Å²) in [6.45, 7) is 1.28. The normalized spacial score (nSPS) is 10.9. The van der Waals surface area contributed by atoms with Crippen LogP contribution in [0.5, 0.6) is 0 Å². The van der Waals surface area contributed by atoms with E-state index in [1.165, 1.54) is 18.3 Å². The van der Waals surface area contributed by atoms with Crippen LogP contribution >= 0.6 is 22.9 Å². The van der Waals surface area contributed by atoms with Crippen LogP contribution in [0.1, 0.15) is 21.0 Å². The fourth-order valence-corrected chi connectivity index (χ4v) is 2.93. The highest BCUT2D eigenvalue weighted by molar-refractivity contribution is 7.16. The molecule has 0 amide bonds. The molecule has 2 rings (SSSR count). The quantitative estimate of drug-likeness (QED) is 0.794. The summed E-state index contributed by atoms with van der Waals surface area (Å²) in [5, 5.41) is 0. The SMILES string of the molecule is COC(=O)c1ccoc1CN(C)Cc1ccc(Cl)s1. The number of hydrogen-bond acceptors (Lipinski definition) is 5. The van der Waals surface area contributed by atoms with Gasteiger partial charge in [-0.05, 0) is 25.2 Å². The van der Waals surface area contributed by atoms with Gasteiger partial charge in [0.05, 0.1) is 24.3 Å². The Bertz CT molecular complexity index is 564. The van der Waals surface area contributed by atoms with Crippen LogP contribution in [0.2, 0.25) is 4.34 Å². The average Bonchev–Trinajstić information content (AvgIpc) is 2.97. The lowest BCUT2D eigenvalue weighted by Gasteiger charge is -2.14. The van der Waals surface area contributed by atoms with Crippen molar-refractivity contribution in [1.82, 2.24) is 4.90 Å². The molecule has 2 heterocycles. The van der Waals surface area contributed by atoms with E-state index in [2.05, 4.69) is 0 Å². The highest BCUT2D eigenvalue weighted by atomic mass is 35.5. The first-order chi connectivity index (χ1) is 9.10. The molecule has 0 saturated heterocycles. The predicted octanol–water partition coefficient (Wildman–Crippen LogP) is 3.41. The third-order valence-corrected chi connectivity index (χ3v) is 3.83. The number of thiophene rings is 1. The molecule has 19 heavy (non-hydrogen) atoms. The maximum atomic E-state index is 11.5. The lowest BCUT2D eigenvalue weighted by molar-refractivity contribution is 0.0596. The van der Waals surface area contributed by atoms with E-state index in [1.807, 2.05) is 24.1 Å². The Hall–Kier alpha value is -1.30. The molecular formula is C13H14ClNO3S. The summed E-state index contributed by atoms with van der Waals surface area (Å²) in [4.78, 5) is 14.7. The number of nitrogens with zero attached hydrogens (tertiary/aromatic N) is 1. The molecule has 0 aliphatic carbocycles. The van der Waals surface area contributed by atoms with Gasteiger partial charge in [0.15, 0.2) is 0 Å². The number of methoxy groups -OCH3 is 1. The van der Waals surface area contributed by atoms with E-state index in [9.17, 15) is 4.79 Å². The first-order valence-corrected chi connectivity index (χ1v) is 6.87. The Morgan fingerprint density at radius 1 is 1.42 bits per heavy atom. The minimum atomic E-state index is -0.378. The monoisotopic (exact) mass is 299 g/mol. The van der Waals surface area contributed by atoms with Crippen molar-refractivity contribution in [2.24, 2.45) is 0 Å². The molecule has 0 bridgehead atoms. The fourth-order valence-electron chi connectivity index (χ4n) is 1.76. The van der Waals surface area contributed by atoms with Crippen LogP contribution in [0.3, 0.4) is 0 Å². The number of carbonyl (C=O) groups is 1. The number of halogens is 1. The summed E-state index contributed by atoms with van der Waals surface area (Å²) < 4.78 is 10.8. The Balaban J connectivity index is 2.01. The third-order valence-electron chi connectivity index (χ3n) is 2.62. The largest absolute Gasteiger partial charge is 0.467 e. The molecule has 6 heteroatoms. The van der Waals surface area contributed by atoms with Crippen LogP contribution in [0.15, 0.2) is 28.9 Å². The van der Waals surface area contributed by atoms with E-state index in [-0.39, 0.29) is 5.97 Å². The molecule has 0 aliphatic heterocycles. The van der Waals surface area contributed by atoms with Crippen LogP contribution in [-0.4, -0.2) is 25.0 Å². The Morgan fingerprint density at radius 2 is 2.21 bits per heavy atom. The summed E-state index contributed by atoms with van der Waals surface area (Å²) in [5.74, 6) is 0.230. The zero-order valence-electron chi connectivity index (χ0n) is 10.7. The maximum absolute atomic E-state index is 11.5. The van der Waals surface area contributed by atoms with Crippen molar-refractivity contribution in [2.45, 2.75) is 13.1 Å². The predicted molar refractivity (Wildman–Crippen MR) is 74.5 cm³/mol. The number of carbonyl (C=O) groups excluding carboxylic acids is 1. The van der Waals surface area contributed by atoms with Crippen LogP contribution in [0.4, 0.5) is 0 Å². The van der Waals surface area contributed by atoms with Gasteiger partial charge < -0.3 is 9.15 Å². The number of rotatable bonds is 5. The van der Waals surface area contributed by atoms with E-state index >= 15 is 0 Å². The number of ether oxygens (including phenoxy) is 1. The lowest BCUT2D eigenvalue weighted by Crippen LogP contribution is -2.18. The summed E-state index contributed by atoms with van der Waals surface area (Å²) >= 11 is 7.44. The molecule has 0 aromatic carbocycles. The molecule has 0 unspecified atom stereocenters. The van der Waals surface area contributed by atoms with E-state index in [0.717, 1.165) is 10.9 Å². The summed E-state index contributed by atoms with van der Waals surface area (Å²) in [6.07, 6.45) is 1.50. The molecule has 0 radical (unpaired) electrons. The molecule has 2 aromatic rings. The Labute approximate surface area is 120 Å². The molecule has 2 aromatic heterocycles. The summed E-state index contributed by atoms with van der Waals surface area (Å²) in [6, 6.07) is 5.49. The minimum Gasteiger partial charge on any atom is -0.467 e. The van der Waals surface area contributed by atoms with Gasteiger partial charge in [0.1, 0.15) is 11.3 Å². The van der Waals surface area contributed by atoms with Gasteiger partial charge in [-0.3, -0.25) is 4.90 Å². The molecule has 102 valence electrons. The van der Waals surface area contributed by atoms with E-state index < -0.39 is 0 Å². The molecule has 0 atom stereocenters. The molecular weight excluding hydrogens is 286 g/mol. The van der Waals surface area contributed by atoms with Crippen molar-refractivity contribution in [1.29, 1.82) is 0 Å². The zero-order valence-corrected chi connectivity index (χ0v) is 12.3. The highest BCUT2D eigenvalue weighted by Gasteiger charge is 2.16. The Morgan fingerprint density at radius 3 is 2.84 bits per heavy atom. The fraction of sp³-hybridized carbons (Fsp3) is 0.308. The summed E-state index contributed by atoms with van der Waals surface area (Å²) in [5.41, 5.74) is 0.471. The van der Waals surface area contributed by atoms with E-state index in [4.69, 9.17) is 20.8 Å². The highest BCUT2D eigenvalue weighted by Crippen LogP contribution is 2.23. The molecule has 0 spiro atoms. The van der Waals surface area contributed by atoms with Crippen LogP contribution in [-0.2, 0) is 17.8 Å². The standard InChI is InChI=1S/C13H14ClNO3S/c1-15(7-9-3-4-12(14)19-9)8-11-10(5-6-18-11)13(16)17-2/h3-6H,7-8H2,1-2H3. The second kappa shape index (κ2) is 6.23. The molecule has 0 aliphatic rings. The van der Waals surface area contributed by atoms with Crippen molar-refractivity contribution in [3.63, 3.8) is 0 Å². The second-order valence-electron chi connectivity index (χ2n) is 4.13. The second-order valence-corrected chi connectivity index (χ2v) is 5.93. The Kier molecular flexibility index (Phi) is 4.63. The van der Waals surface area contributed by atoms with Crippen molar-refractivity contribution in [3.05, 3.63) is 45.0 Å². The van der Waals surface area contributed by atoms with Crippen molar-refractivity contribution < 1.29 is 13.9 Å². The topological polar surface area (TPSA) is 42.7 Å². The summed E-state index contributed by atoms with van der Waals surface area (Å²) in [7, 11) is 3.31. The van der Waals surface area contributed by atoms with Gasteiger partial charge in [-0.1, -0.05) is 11.6 Å². The van der Waals surface area contributed by atoms with Gasteiger partial charge in [-0.25, -0.2) is 4.79 Å². The van der Waals surface area contributed by atoms with Gasteiger partial charge >= 0.3 is 5.97 Å². The zero-order chi connectivity index (χ0) is 13.8. The van der Waals surface area contributed by atoms with Gasteiger partial charge in [0.2, 0.25) is 0 Å². The number of furan rings is 1. The first-order valence-electron chi connectivity index (χ1n) is 5.67. The number of esters is 1. The first kappa shape index (κ1) is 14.1. The van der Waals surface area contributed by atoms with Crippen LogP contribution < -0.4 is 0 Å². The van der Waals surface area contributed by atoms with Gasteiger partial charge in [-0.2, -0.15) is 0 Å². The third kappa shape index (κ3) is 3.59. The van der Waals surface area contributed by atoms with E-state index in [0.29, 0.717) is 17.9 Å². The van der Waals surface area contributed by atoms with Gasteiger partial charge in [0.25, 0.3) is 0 Å². The van der Waals surface area contributed by atoms with Gasteiger partial charge in [-0.15, -0.1) is 11.3 Å². The molecule has 0 fully saturated rings. The molecule has 4 nitrogen and oxygen atoms in total. The lowest BCUT2D eigenvalue weighted by atomic mass is 10.2. The maximum Gasteiger partial charge on any atom is 0.341 e. The van der Waals surface area contributed by atoms with Crippen molar-refractivity contribution in [2.75, 3.05) is 14.2 Å².